The summed E-state index contributed by atoms with van der Waals surface area (Å²) in [5.41, 5.74) is 3.02. The van der Waals surface area contributed by atoms with Crippen LogP contribution in [0.25, 0.3) is 0 Å². The van der Waals surface area contributed by atoms with E-state index in [1.165, 1.54) is 11.6 Å². The Morgan fingerprint density at radius 1 is 1.26 bits per heavy atom. The van der Waals surface area contributed by atoms with Crippen LogP contribution < -0.4 is 9.64 Å². The first kappa shape index (κ1) is 12.2. The molecule has 0 bridgehead atoms. The Hall–Kier alpha value is -1.84. The molecule has 1 aromatic carbocycles. The maximum atomic E-state index is 13.7. The highest BCUT2D eigenvalue weighted by atomic mass is 19.3. The SMILES string of the molecule is CC1=CCN(c2ccc3c(c2)C(F)(F)CO3)C(C)=C1. The van der Waals surface area contributed by atoms with E-state index in [0.29, 0.717) is 12.3 Å². The number of fused-ring (bicyclic) bond motifs is 1. The Labute approximate surface area is 111 Å². The van der Waals surface area contributed by atoms with Crippen LogP contribution >= 0.6 is 0 Å². The van der Waals surface area contributed by atoms with Gasteiger partial charge in [-0.05, 0) is 38.1 Å². The van der Waals surface area contributed by atoms with Gasteiger partial charge in [0.25, 0.3) is 0 Å². The van der Waals surface area contributed by atoms with E-state index in [0.717, 1.165) is 11.4 Å². The molecule has 2 nitrogen and oxygen atoms in total. The Balaban J connectivity index is 1.98. The highest BCUT2D eigenvalue weighted by Crippen LogP contribution is 2.43. The van der Waals surface area contributed by atoms with E-state index < -0.39 is 12.5 Å². The van der Waals surface area contributed by atoms with Crippen molar-refractivity contribution >= 4 is 5.69 Å². The third-order valence-electron chi connectivity index (χ3n) is 3.54. The van der Waals surface area contributed by atoms with Gasteiger partial charge in [0.2, 0.25) is 0 Å². The fourth-order valence-corrected chi connectivity index (χ4v) is 2.50. The van der Waals surface area contributed by atoms with Crippen LogP contribution in [0.4, 0.5) is 14.5 Å². The van der Waals surface area contributed by atoms with E-state index in [2.05, 4.69) is 6.08 Å². The Kier molecular flexibility index (Phi) is 2.62. The summed E-state index contributed by atoms with van der Waals surface area (Å²) in [6.07, 6.45) is 4.13. The number of alkyl halides is 2. The summed E-state index contributed by atoms with van der Waals surface area (Å²) in [5, 5.41) is 0. The van der Waals surface area contributed by atoms with Crippen LogP contribution in [0.2, 0.25) is 0 Å². The molecule has 0 saturated carbocycles. The van der Waals surface area contributed by atoms with Crippen molar-refractivity contribution in [3.8, 4) is 5.75 Å². The lowest BCUT2D eigenvalue weighted by atomic mass is 10.1. The highest BCUT2D eigenvalue weighted by Gasteiger charge is 2.41. The molecule has 3 rings (SSSR count). The van der Waals surface area contributed by atoms with Crippen molar-refractivity contribution in [3.63, 3.8) is 0 Å². The van der Waals surface area contributed by atoms with Gasteiger partial charge in [-0.3, -0.25) is 0 Å². The average molecular weight is 263 g/mol. The fraction of sp³-hybridized carbons (Fsp3) is 0.333. The van der Waals surface area contributed by atoms with Gasteiger partial charge in [0, 0.05) is 17.9 Å². The van der Waals surface area contributed by atoms with Crippen LogP contribution in [0.3, 0.4) is 0 Å². The second-order valence-electron chi connectivity index (χ2n) is 5.02. The number of rotatable bonds is 1. The number of anilines is 1. The first-order chi connectivity index (χ1) is 8.97. The molecule has 0 aromatic heterocycles. The summed E-state index contributed by atoms with van der Waals surface area (Å²) < 4.78 is 32.4. The normalized spacial score (nSPS) is 20.5. The molecule has 0 fully saturated rings. The number of ether oxygens (including phenoxy) is 1. The summed E-state index contributed by atoms with van der Waals surface area (Å²) in [7, 11) is 0. The largest absolute Gasteiger partial charge is 0.486 e. The van der Waals surface area contributed by atoms with E-state index in [1.54, 1.807) is 6.07 Å². The van der Waals surface area contributed by atoms with Gasteiger partial charge in [0.15, 0.2) is 6.61 Å². The van der Waals surface area contributed by atoms with Gasteiger partial charge in [0.1, 0.15) is 5.75 Å². The lowest BCUT2D eigenvalue weighted by Gasteiger charge is -2.28. The van der Waals surface area contributed by atoms with E-state index in [-0.39, 0.29) is 5.56 Å². The minimum absolute atomic E-state index is 0.0101. The van der Waals surface area contributed by atoms with Crippen molar-refractivity contribution in [2.24, 2.45) is 0 Å². The molecule has 2 aliphatic rings. The van der Waals surface area contributed by atoms with Gasteiger partial charge in [-0.15, -0.1) is 0 Å². The molecular weight excluding hydrogens is 248 g/mol. The smallest absolute Gasteiger partial charge is 0.310 e. The Morgan fingerprint density at radius 2 is 2.05 bits per heavy atom. The summed E-state index contributed by atoms with van der Waals surface area (Å²) in [4.78, 5) is 2.02. The Morgan fingerprint density at radius 3 is 2.79 bits per heavy atom. The third kappa shape index (κ3) is 2.01. The molecule has 19 heavy (non-hydrogen) atoms. The molecular formula is C15H15F2NO. The molecule has 0 spiro atoms. The lowest BCUT2D eigenvalue weighted by Crippen LogP contribution is -2.24. The van der Waals surface area contributed by atoms with Gasteiger partial charge in [-0.2, -0.15) is 8.78 Å². The van der Waals surface area contributed by atoms with Crippen LogP contribution in [0.1, 0.15) is 19.4 Å². The van der Waals surface area contributed by atoms with Crippen LogP contribution in [0, 0.1) is 0 Å². The fourth-order valence-electron chi connectivity index (χ4n) is 2.50. The first-order valence-corrected chi connectivity index (χ1v) is 6.25. The molecule has 0 N–H and O–H groups in total. The van der Waals surface area contributed by atoms with Gasteiger partial charge in [0.05, 0.1) is 5.56 Å². The summed E-state index contributed by atoms with van der Waals surface area (Å²) >= 11 is 0. The average Bonchev–Trinajstić information content (AvgIpc) is 2.65. The number of halogens is 2. The molecule has 2 heterocycles. The molecule has 0 saturated heterocycles. The minimum Gasteiger partial charge on any atom is -0.486 e. The zero-order valence-corrected chi connectivity index (χ0v) is 10.9. The Bertz CT molecular complexity index is 590. The number of allylic oxidation sites excluding steroid dienone is 3. The second-order valence-corrected chi connectivity index (χ2v) is 5.02. The predicted molar refractivity (Wildman–Crippen MR) is 70.7 cm³/mol. The van der Waals surface area contributed by atoms with Crippen molar-refractivity contribution in [1.82, 2.24) is 0 Å². The number of nitrogens with zero attached hydrogens (tertiary/aromatic N) is 1. The summed E-state index contributed by atoms with van der Waals surface area (Å²) in [5.74, 6) is -2.59. The topological polar surface area (TPSA) is 12.5 Å². The van der Waals surface area contributed by atoms with Crippen molar-refractivity contribution in [1.29, 1.82) is 0 Å². The van der Waals surface area contributed by atoms with Crippen molar-refractivity contribution in [3.05, 3.63) is 47.2 Å². The molecule has 0 atom stereocenters. The van der Waals surface area contributed by atoms with E-state index in [4.69, 9.17) is 4.74 Å². The van der Waals surface area contributed by atoms with Crippen molar-refractivity contribution in [2.45, 2.75) is 19.8 Å². The quantitative estimate of drug-likeness (QED) is 0.763. The second kappa shape index (κ2) is 4.08. The number of benzene rings is 1. The van der Waals surface area contributed by atoms with Crippen molar-refractivity contribution < 1.29 is 13.5 Å². The lowest BCUT2D eigenvalue weighted by molar-refractivity contribution is -0.0213. The van der Waals surface area contributed by atoms with Crippen LogP contribution in [0.5, 0.6) is 5.75 Å². The zero-order chi connectivity index (χ0) is 13.6. The molecule has 0 aliphatic carbocycles. The molecule has 0 unspecified atom stereocenters. The molecule has 0 radical (unpaired) electrons. The minimum atomic E-state index is -2.88. The number of hydrogen-bond donors (Lipinski definition) is 0. The molecule has 1 aromatic rings. The van der Waals surface area contributed by atoms with Gasteiger partial charge in [-0.25, -0.2) is 0 Å². The molecule has 2 aliphatic heterocycles. The van der Waals surface area contributed by atoms with Crippen LogP contribution in [0.15, 0.2) is 41.6 Å². The van der Waals surface area contributed by atoms with E-state index in [1.807, 2.05) is 30.9 Å². The standard InChI is InChI=1S/C15H15F2NO/c1-10-5-6-18(11(2)7-10)12-3-4-14-13(8-12)15(16,17)9-19-14/h3-5,7-8H,6,9H2,1-2H3. The van der Waals surface area contributed by atoms with Crippen LogP contribution in [-0.2, 0) is 5.92 Å². The first-order valence-electron chi connectivity index (χ1n) is 6.25. The van der Waals surface area contributed by atoms with Gasteiger partial charge in [-0.1, -0.05) is 11.6 Å². The monoisotopic (exact) mass is 263 g/mol. The van der Waals surface area contributed by atoms with Crippen LogP contribution in [-0.4, -0.2) is 13.2 Å². The molecule has 0 amide bonds. The summed E-state index contributed by atoms with van der Waals surface area (Å²) in [6.45, 7) is 4.17. The van der Waals surface area contributed by atoms with Gasteiger partial charge < -0.3 is 9.64 Å². The van der Waals surface area contributed by atoms with Gasteiger partial charge >= 0.3 is 5.92 Å². The van der Waals surface area contributed by atoms with Crippen molar-refractivity contribution in [2.75, 3.05) is 18.1 Å². The predicted octanol–water partition coefficient (Wildman–Crippen LogP) is 3.84. The third-order valence-corrected chi connectivity index (χ3v) is 3.54. The summed E-state index contributed by atoms with van der Waals surface area (Å²) in [6, 6.07) is 4.99. The van der Waals surface area contributed by atoms with E-state index in [9.17, 15) is 8.78 Å². The zero-order valence-electron chi connectivity index (χ0n) is 10.9. The van der Waals surface area contributed by atoms with E-state index >= 15 is 0 Å². The maximum absolute atomic E-state index is 13.7. The maximum Gasteiger partial charge on any atom is 0.310 e. The molecule has 100 valence electrons. The highest BCUT2D eigenvalue weighted by molar-refractivity contribution is 5.60. The molecule has 4 heteroatoms. The number of hydrogen-bond acceptors (Lipinski definition) is 2.